The molecule has 1 atom stereocenters. The van der Waals surface area contributed by atoms with E-state index in [1.807, 2.05) is 30.3 Å². The summed E-state index contributed by atoms with van der Waals surface area (Å²) in [5.41, 5.74) is 1.74. The van der Waals surface area contributed by atoms with Crippen molar-refractivity contribution >= 4 is 27.3 Å². The molecule has 0 aliphatic rings. The van der Waals surface area contributed by atoms with Crippen LogP contribution in [-0.4, -0.2) is 26.6 Å². The van der Waals surface area contributed by atoms with Crippen LogP contribution in [0.5, 0.6) is 5.75 Å². The molecule has 0 heterocycles. The number of benzene rings is 3. The molecule has 1 amide bonds. The van der Waals surface area contributed by atoms with Crippen molar-refractivity contribution in [2.45, 2.75) is 19.6 Å². The quantitative estimate of drug-likeness (QED) is 0.567. The Morgan fingerprint density at radius 3 is 2.19 bits per heavy atom. The van der Waals surface area contributed by atoms with Gasteiger partial charge in [-0.25, -0.2) is 12.8 Å². The number of ether oxygens (including phenoxy) is 1. The average molecular weight is 443 g/mol. The number of hydrogen-bond acceptors (Lipinski definition) is 4. The van der Waals surface area contributed by atoms with Gasteiger partial charge in [0.15, 0.2) is 0 Å². The molecular formula is C23H23FN2O4S. The smallest absolute Gasteiger partial charge is 0.247 e. The Hall–Kier alpha value is -3.39. The second kappa shape index (κ2) is 9.61. The van der Waals surface area contributed by atoms with E-state index in [0.717, 1.165) is 28.3 Å². The summed E-state index contributed by atoms with van der Waals surface area (Å²) in [6.45, 7) is 1.89. The van der Waals surface area contributed by atoms with Gasteiger partial charge in [-0.2, -0.15) is 0 Å². The third-order valence-corrected chi connectivity index (χ3v) is 5.78. The number of rotatable bonds is 8. The SMILES string of the molecule is CC(C(=O)Nc1ccc(OCc2ccccc2)cc1)N(c1ccc(F)cc1)S(C)(=O)=O. The van der Waals surface area contributed by atoms with Crippen molar-refractivity contribution in [1.29, 1.82) is 0 Å². The molecule has 1 unspecified atom stereocenters. The number of hydrogen-bond donors (Lipinski definition) is 1. The third kappa shape index (κ3) is 6.05. The number of amides is 1. The van der Waals surface area contributed by atoms with E-state index < -0.39 is 27.8 Å². The van der Waals surface area contributed by atoms with E-state index in [1.165, 1.54) is 19.1 Å². The summed E-state index contributed by atoms with van der Waals surface area (Å²) in [4.78, 5) is 12.7. The van der Waals surface area contributed by atoms with Crippen molar-refractivity contribution in [3.8, 4) is 5.75 Å². The minimum atomic E-state index is -3.78. The van der Waals surface area contributed by atoms with E-state index in [0.29, 0.717) is 18.0 Å². The van der Waals surface area contributed by atoms with E-state index >= 15 is 0 Å². The molecule has 3 rings (SSSR count). The monoisotopic (exact) mass is 442 g/mol. The summed E-state index contributed by atoms with van der Waals surface area (Å²) in [6.07, 6.45) is 0.999. The first-order valence-electron chi connectivity index (χ1n) is 9.56. The number of nitrogens with one attached hydrogen (secondary N) is 1. The fraction of sp³-hybridized carbons (Fsp3) is 0.174. The van der Waals surface area contributed by atoms with Gasteiger partial charge in [-0.3, -0.25) is 9.10 Å². The van der Waals surface area contributed by atoms with Crippen LogP contribution in [0.2, 0.25) is 0 Å². The van der Waals surface area contributed by atoms with E-state index in [2.05, 4.69) is 5.32 Å². The Bertz CT molecular complexity index is 1120. The second-order valence-corrected chi connectivity index (χ2v) is 8.86. The molecule has 162 valence electrons. The molecule has 0 aromatic heterocycles. The van der Waals surface area contributed by atoms with Crippen LogP contribution in [0.25, 0.3) is 0 Å². The molecule has 8 heteroatoms. The van der Waals surface area contributed by atoms with Crippen molar-refractivity contribution in [1.82, 2.24) is 0 Å². The summed E-state index contributed by atoms with van der Waals surface area (Å²) in [7, 11) is -3.78. The zero-order chi connectivity index (χ0) is 22.4. The topological polar surface area (TPSA) is 75.7 Å². The third-order valence-electron chi connectivity index (χ3n) is 4.54. The van der Waals surface area contributed by atoms with Gasteiger partial charge < -0.3 is 10.1 Å². The Balaban J connectivity index is 1.67. The van der Waals surface area contributed by atoms with E-state index in [1.54, 1.807) is 24.3 Å². The molecule has 0 radical (unpaired) electrons. The van der Waals surface area contributed by atoms with Crippen LogP contribution in [-0.2, 0) is 21.4 Å². The maximum absolute atomic E-state index is 13.2. The van der Waals surface area contributed by atoms with Crippen LogP contribution in [0.3, 0.4) is 0 Å². The summed E-state index contributed by atoms with van der Waals surface area (Å²) in [5.74, 6) is -0.379. The molecule has 0 fully saturated rings. The lowest BCUT2D eigenvalue weighted by atomic mass is 10.2. The Labute approximate surface area is 181 Å². The second-order valence-electron chi connectivity index (χ2n) is 7.00. The molecule has 0 spiro atoms. The van der Waals surface area contributed by atoms with Crippen molar-refractivity contribution in [2.24, 2.45) is 0 Å². The van der Waals surface area contributed by atoms with Gasteiger partial charge in [-0.1, -0.05) is 30.3 Å². The number of sulfonamides is 1. The lowest BCUT2D eigenvalue weighted by molar-refractivity contribution is -0.116. The highest BCUT2D eigenvalue weighted by Crippen LogP contribution is 2.23. The maximum atomic E-state index is 13.2. The molecule has 31 heavy (non-hydrogen) atoms. The first kappa shape index (κ1) is 22.3. The van der Waals surface area contributed by atoms with Gasteiger partial charge in [-0.15, -0.1) is 0 Å². The zero-order valence-corrected chi connectivity index (χ0v) is 18.0. The molecule has 3 aromatic carbocycles. The van der Waals surface area contributed by atoms with Gasteiger partial charge in [0.2, 0.25) is 15.9 Å². The average Bonchev–Trinajstić information content (AvgIpc) is 2.74. The van der Waals surface area contributed by atoms with Gasteiger partial charge >= 0.3 is 0 Å². The molecule has 3 aromatic rings. The zero-order valence-electron chi connectivity index (χ0n) is 17.2. The van der Waals surface area contributed by atoms with Crippen LogP contribution in [0, 0.1) is 5.82 Å². The van der Waals surface area contributed by atoms with Crippen LogP contribution in [0.1, 0.15) is 12.5 Å². The fourth-order valence-electron chi connectivity index (χ4n) is 3.02. The normalized spacial score (nSPS) is 12.1. The van der Waals surface area contributed by atoms with Crippen LogP contribution in [0.4, 0.5) is 15.8 Å². The van der Waals surface area contributed by atoms with Crippen molar-refractivity contribution < 1.29 is 22.3 Å². The first-order valence-corrected chi connectivity index (χ1v) is 11.4. The van der Waals surface area contributed by atoms with Gasteiger partial charge in [0, 0.05) is 5.69 Å². The summed E-state index contributed by atoms with van der Waals surface area (Å²) in [5, 5.41) is 2.70. The van der Waals surface area contributed by atoms with E-state index in [9.17, 15) is 17.6 Å². The predicted molar refractivity (Wildman–Crippen MR) is 119 cm³/mol. The number of anilines is 2. The fourth-order valence-corrected chi connectivity index (χ4v) is 4.19. The summed E-state index contributed by atoms with van der Waals surface area (Å²) < 4.78 is 44.5. The summed E-state index contributed by atoms with van der Waals surface area (Å²) in [6, 6.07) is 20.4. The Kier molecular flexibility index (Phi) is 6.91. The molecule has 0 aliphatic carbocycles. The molecule has 0 saturated heterocycles. The number of carbonyl (C=O) groups excluding carboxylic acids is 1. The van der Waals surface area contributed by atoms with Crippen molar-refractivity contribution in [3.05, 3.63) is 90.2 Å². The number of carbonyl (C=O) groups is 1. The number of nitrogens with zero attached hydrogens (tertiary/aromatic N) is 1. The van der Waals surface area contributed by atoms with Crippen LogP contribution >= 0.6 is 0 Å². The molecule has 1 N–H and O–H groups in total. The highest BCUT2D eigenvalue weighted by molar-refractivity contribution is 7.92. The van der Waals surface area contributed by atoms with Crippen molar-refractivity contribution in [3.63, 3.8) is 0 Å². The molecule has 0 saturated carbocycles. The maximum Gasteiger partial charge on any atom is 0.247 e. The highest BCUT2D eigenvalue weighted by Gasteiger charge is 2.29. The largest absolute Gasteiger partial charge is 0.489 e. The molecular weight excluding hydrogens is 419 g/mol. The van der Waals surface area contributed by atoms with Crippen LogP contribution in [0.15, 0.2) is 78.9 Å². The van der Waals surface area contributed by atoms with Gasteiger partial charge in [0.25, 0.3) is 0 Å². The van der Waals surface area contributed by atoms with Crippen molar-refractivity contribution in [2.75, 3.05) is 15.9 Å². The minimum Gasteiger partial charge on any atom is -0.489 e. The van der Waals surface area contributed by atoms with E-state index in [-0.39, 0.29) is 5.69 Å². The molecule has 0 bridgehead atoms. The van der Waals surface area contributed by atoms with Gasteiger partial charge in [0.05, 0.1) is 11.9 Å². The minimum absolute atomic E-state index is 0.205. The summed E-state index contributed by atoms with van der Waals surface area (Å²) >= 11 is 0. The molecule has 0 aliphatic heterocycles. The first-order chi connectivity index (χ1) is 14.7. The number of halogens is 1. The van der Waals surface area contributed by atoms with Gasteiger partial charge in [0.1, 0.15) is 24.2 Å². The standard InChI is InChI=1S/C23H23FN2O4S/c1-17(26(31(2,28)29)21-12-8-19(24)9-13-21)23(27)25-20-10-14-22(15-11-20)30-16-18-6-4-3-5-7-18/h3-15,17H,16H2,1-2H3,(H,25,27). The Morgan fingerprint density at radius 1 is 1.00 bits per heavy atom. The highest BCUT2D eigenvalue weighted by atomic mass is 32.2. The lowest BCUT2D eigenvalue weighted by Crippen LogP contribution is -2.45. The Morgan fingerprint density at radius 2 is 1.61 bits per heavy atom. The van der Waals surface area contributed by atoms with E-state index in [4.69, 9.17) is 4.74 Å². The van der Waals surface area contributed by atoms with Gasteiger partial charge in [-0.05, 0) is 61.0 Å². The van der Waals surface area contributed by atoms with Crippen LogP contribution < -0.4 is 14.4 Å². The lowest BCUT2D eigenvalue weighted by Gasteiger charge is -2.28. The predicted octanol–water partition coefficient (Wildman–Crippen LogP) is 4.20. The molecule has 6 nitrogen and oxygen atoms in total.